The van der Waals surface area contributed by atoms with E-state index < -0.39 is 0 Å². The molecule has 0 saturated heterocycles. The summed E-state index contributed by atoms with van der Waals surface area (Å²) in [7, 11) is 0. The van der Waals surface area contributed by atoms with E-state index in [4.69, 9.17) is 4.42 Å². The predicted octanol–water partition coefficient (Wildman–Crippen LogP) is 3.87. The summed E-state index contributed by atoms with van der Waals surface area (Å²) in [5, 5.41) is 11.7. The Morgan fingerprint density at radius 2 is 2.12 bits per heavy atom. The number of aryl methyl sites for hydroxylation is 3. The molecule has 3 rings (SSSR count). The maximum atomic E-state index is 12.2. The number of carbonyl (C=O) groups excluding carboxylic acids is 1. The number of nitrogens with one attached hydrogen (secondary N) is 1. The summed E-state index contributed by atoms with van der Waals surface area (Å²) >= 11 is 1.68. The van der Waals surface area contributed by atoms with Crippen molar-refractivity contribution < 1.29 is 9.21 Å². The van der Waals surface area contributed by atoms with Crippen LogP contribution in [0, 0.1) is 27.7 Å². The zero-order valence-corrected chi connectivity index (χ0v) is 15.2. The van der Waals surface area contributed by atoms with E-state index >= 15 is 0 Å². The van der Waals surface area contributed by atoms with E-state index in [9.17, 15) is 4.79 Å². The number of hydrogen-bond acceptors (Lipinski definition) is 4. The molecule has 0 aliphatic heterocycles. The van der Waals surface area contributed by atoms with Gasteiger partial charge in [0.25, 0.3) is 5.91 Å². The van der Waals surface area contributed by atoms with Gasteiger partial charge in [-0.15, -0.1) is 0 Å². The smallest absolute Gasteiger partial charge is 0.254 e. The van der Waals surface area contributed by atoms with Gasteiger partial charge >= 0.3 is 0 Å². The molecular formula is C18H21N3O2S. The van der Waals surface area contributed by atoms with Gasteiger partial charge in [-0.1, -0.05) is 0 Å². The van der Waals surface area contributed by atoms with Crippen molar-refractivity contribution in [2.24, 2.45) is 0 Å². The van der Waals surface area contributed by atoms with E-state index in [1.54, 1.807) is 24.3 Å². The number of furan rings is 1. The Morgan fingerprint density at radius 3 is 2.75 bits per heavy atom. The zero-order valence-electron chi connectivity index (χ0n) is 14.3. The van der Waals surface area contributed by atoms with Gasteiger partial charge in [0.2, 0.25) is 0 Å². The third-order valence-electron chi connectivity index (χ3n) is 4.09. The summed E-state index contributed by atoms with van der Waals surface area (Å²) in [6.07, 6.45) is 0. The first kappa shape index (κ1) is 16.5. The molecule has 5 nitrogen and oxygen atoms in total. The van der Waals surface area contributed by atoms with Crippen molar-refractivity contribution in [2.45, 2.75) is 34.2 Å². The van der Waals surface area contributed by atoms with Crippen LogP contribution in [0.3, 0.4) is 0 Å². The molecule has 126 valence electrons. The van der Waals surface area contributed by atoms with Crippen molar-refractivity contribution in [2.75, 3.05) is 6.54 Å². The van der Waals surface area contributed by atoms with Crippen LogP contribution in [0.5, 0.6) is 0 Å². The molecule has 3 heterocycles. The number of rotatable bonds is 5. The monoisotopic (exact) mass is 343 g/mol. The van der Waals surface area contributed by atoms with Gasteiger partial charge in [-0.05, 0) is 56.2 Å². The second-order valence-corrected chi connectivity index (χ2v) is 6.64. The van der Waals surface area contributed by atoms with Crippen molar-refractivity contribution in [1.29, 1.82) is 0 Å². The standard InChI is InChI=1S/C18H21N3O2S/c1-11-9-16(14(4)23-11)18(22)19-6-7-21-13(3)17(12(2)20-21)15-5-8-24-10-15/h5,8-10H,6-7H2,1-4H3,(H,19,22). The molecule has 0 aliphatic rings. The van der Waals surface area contributed by atoms with Crippen LogP contribution in [0.1, 0.15) is 33.3 Å². The third-order valence-corrected chi connectivity index (χ3v) is 4.77. The van der Waals surface area contributed by atoms with E-state index in [-0.39, 0.29) is 5.91 Å². The summed E-state index contributed by atoms with van der Waals surface area (Å²) in [4.78, 5) is 12.2. The van der Waals surface area contributed by atoms with Crippen LogP contribution in [0.25, 0.3) is 11.1 Å². The van der Waals surface area contributed by atoms with Gasteiger partial charge < -0.3 is 9.73 Å². The Kier molecular flexibility index (Phi) is 4.57. The van der Waals surface area contributed by atoms with Gasteiger partial charge in [-0.3, -0.25) is 9.48 Å². The number of nitrogens with zero attached hydrogens (tertiary/aromatic N) is 2. The quantitative estimate of drug-likeness (QED) is 0.765. The molecule has 0 radical (unpaired) electrons. The van der Waals surface area contributed by atoms with Gasteiger partial charge in [0.05, 0.1) is 17.8 Å². The second kappa shape index (κ2) is 6.65. The number of carbonyl (C=O) groups is 1. The average molecular weight is 343 g/mol. The Balaban J connectivity index is 1.66. The fourth-order valence-corrected chi connectivity index (χ4v) is 3.61. The normalized spacial score (nSPS) is 11.0. The second-order valence-electron chi connectivity index (χ2n) is 5.86. The summed E-state index contributed by atoms with van der Waals surface area (Å²) in [5.41, 5.74) is 5.12. The van der Waals surface area contributed by atoms with Crippen molar-refractivity contribution in [3.63, 3.8) is 0 Å². The lowest BCUT2D eigenvalue weighted by atomic mass is 10.1. The lowest BCUT2D eigenvalue weighted by Crippen LogP contribution is -2.28. The molecular weight excluding hydrogens is 322 g/mol. The molecule has 0 unspecified atom stereocenters. The summed E-state index contributed by atoms with van der Waals surface area (Å²) in [6.45, 7) is 8.89. The van der Waals surface area contributed by atoms with E-state index in [2.05, 4.69) is 34.2 Å². The van der Waals surface area contributed by atoms with E-state index in [0.717, 1.165) is 17.1 Å². The van der Waals surface area contributed by atoms with Crippen LogP contribution in [0.4, 0.5) is 0 Å². The minimum atomic E-state index is -0.107. The Labute approximate surface area is 145 Å². The molecule has 0 aromatic carbocycles. The van der Waals surface area contributed by atoms with Crippen LogP contribution in [0.2, 0.25) is 0 Å². The molecule has 3 aromatic heterocycles. The molecule has 6 heteroatoms. The highest BCUT2D eigenvalue weighted by atomic mass is 32.1. The summed E-state index contributed by atoms with van der Waals surface area (Å²) in [5.74, 6) is 1.29. The van der Waals surface area contributed by atoms with Gasteiger partial charge in [0, 0.05) is 17.8 Å². The van der Waals surface area contributed by atoms with Crippen molar-refractivity contribution >= 4 is 17.2 Å². The first-order valence-electron chi connectivity index (χ1n) is 7.89. The molecule has 1 N–H and O–H groups in total. The maximum absolute atomic E-state index is 12.2. The molecule has 24 heavy (non-hydrogen) atoms. The van der Waals surface area contributed by atoms with Gasteiger partial charge in [0.15, 0.2) is 0 Å². The number of amides is 1. The van der Waals surface area contributed by atoms with Crippen LogP contribution in [0.15, 0.2) is 27.3 Å². The van der Waals surface area contributed by atoms with E-state index in [1.807, 2.05) is 18.5 Å². The van der Waals surface area contributed by atoms with Gasteiger partial charge in [-0.25, -0.2) is 0 Å². The van der Waals surface area contributed by atoms with Crippen LogP contribution in [-0.2, 0) is 6.54 Å². The number of aromatic nitrogens is 2. The topological polar surface area (TPSA) is 60.1 Å². The average Bonchev–Trinajstić information content (AvgIpc) is 3.21. The summed E-state index contributed by atoms with van der Waals surface area (Å²) in [6, 6.07) is 3.88. The Hall–Kier alpha value is -2.34. The highest BCUT2D eigenvalue weighted by molar-refractivity contribution is 7.08. The lowest BCUT2D eigenvalue weighted by molar-refractivity contribution is 0.0950. The van der Waals surface area contributed by atoms with Crippen LogP contribution >= 0.6 is 11.3 Å². The van der Waals surface area contributed by atoms with Gasteiger partial charge in [0.1, 0.15) is 11.5 Å². The van der Waals surface area contributed by atoms with Crippen LogP contribution in [-0.4, -0.2) is 22.2 Å². The number of hydrogen-bond donors (Lipinski definition) is 1. The molecule has 0 saturated carbocycles. The minimum absolute atomic E-state index is 0.107. The molecule has 3 aromatic rings. The third kappa shape index (κ3) is 3.14. The SMILES string of the molecule is Cc1cc(C(=O)NCCn2nc(C)c(-c3ccsc3)c2C)c(C)o1. The fourth-order valence-electron chi connectivity index (χ4n) is 2.97. The number of thiophene rings is 1. The maximum Gasteiger partial charge on any atom is 0.254 e. The van der Waals surface area contributed by atoms with E-state index in [1.165, 1.54) is 11.1 Å². The lowest BCUT2D eigenvalue weighted by Gasteiger charge is -2.07. The zero-order chi connectivity index (χ0) is 17.3. The minimum Gasteiger partial charge on any atom is -0.466 e. The largest absolute Gasteiger partial charge is 0.466 e. The molecule has 0 atom stereocenters. The molecule has 0 spiro atoms. The first-order chi connectivity index (χ1) is 11.5. The highest BCUT2D eigenvalue weighted by Crippen LogP contribution is 2.28. The van der Waals surface area contributed by atoms with Crippen molar-refractivity contribution in [1.82, 2.24) is 15.1 Å². The molecule has 0 fully saturated rings. The fraction of sp³-hybridized carbons (Fsp3) is 0.333. The van der Waals surface area contributed by atoms with Crippen molar-refractivity contribution in [3.8, 4) is 11.1 Å². The first-order valence-corrected chi connectivity index (χ1v) is 8.83. The Bertz CT molecular complexity index is 859. The van der Waals surface area contributed by atoms with Crippen molar-refractivity contribution in [3.05, 3.63) is 51.4 Å². The Morgan fingerprint density at radius 1 is 1.33 bits per heavy atom. The van der Waals surface area contributed by atoms with Gasteiger partial charge in [-0.2, -0.15) is 16.4 Å². The highest BCUT2D eigenvalue weighted by Gasteiger charge is 2.15. The molecule has 0 aliphatic carbocycles. The van der Waals surface area contributed by atoms with E-state index in [0.29, 0.717) is 24.4 Å². The van der Waals surface area contributed by atoms with Crippen LogP contribution < -0.4 is 5.32 Å². The molecule has 0 bridgehead atoms. The predicted molar refractivity (Wildman–Crippen MR) is 95.5 cm³/mol. The summed E-state index contributed by atoms with van der Waals surface area (Å²) < 4.78 is 7.36. The molecule has 1 amide bonds.